The Morgan fingerprint density at radius 3 is 1.04 bits per heavy atom. The van der Waals surface area contributed by atoms with E-state index in [0.717, 1.165) is 96.3 Å². The molecule has 0 aliphatic carbocycles. The van der Waals surface area contributed by atoms with Crippen molar-refractivity contribution in [3.05, 3.63) is 97.2 Å². The number of esters is 2. The summed E-state index contributed by atoms with van der Waals surface area (Å²) in [6, 6.07) is 0. The van der Waals surface area contributed by atoms with E-state index in [4.69, 9.17) is 18.5 Å². The van der Waals surface area contributed by atoms with Crippen LogP contribution in [0.25, 0.3) is 0 Å². The van der Waals surface area contributed by atoms with E-state index < -0.39 is 26.5 Å². The van der Waals surface area contributed by atoms with Gasteiger partial charge in [0.15, 0.2) is 6.10 Å². The Bertz CT molecular complexity index is 1710. The predicted octanol–water partition coefficient (Wildman–Crippen LogP) is 21.9. The van der Waals surface area contributed by atoms with Gasteiger partial charge in [-0.1, -0.05) is 304 Å². The average molecular weight is 1170 g/mol. The molecule has 0 aromatic heterocycles. The number of allylic oxidation sites excluding steroid dienone is 16. The number of unbranched alkanes of at least 4 members (excludes halogenated alkanes) is 32. The van der Waals surface area contributed by atoms with Crippen molar-refractivity contribution >= 4 is 19.8 Å². The molecule has 0 rings (SSSR count). The minimum Gasteiger partial charge on any atom is -0.462 e. The van der Waals surface area contributed by atoms with Crippen LogP contribution in [0.2, 0.25) is 0 Å². The molecule has 82 heavy (non-hydrogen) atoms. The van der Waals surface area contributed by atoms with Crippen molar-refractivity contribution in [2.24, 2.45) is 0 Å². The number of nitrogens with zero attached hydrogens (tertiary/aromatic N) is 1. The number of hydrogen-bond donors (Lipinski definition) is 1. The Morgan fingerprint density at radius 1 is 0.390 bits per heavy atom. The van der Waals surface area contributed by atoms with E-state index in [1.165, 1.54) is 167 Å². The first-order chi connectivity index (χ1) is 40.0. The van der Waals surface area contributed by atoms with Gasteiger partial charge in [0.05, 0.1) is 27.7 Å². The molecule has 2 atom stereocenters. The molecule has 0 amide bonds. The second-order valence-corrected chi connectivity index (χ2v) is 25.3. The molecule has 0 spiro atoms. The summed E-state index contributed by atoms with van der Waals surface area (Å²) in [4.78, 5) is 35.8. The third-order valence-corrected chi connectivity index (χ3v) is 15.6. The first kappa shape index (κ1) is 78.9. The maximum atomic E-state index is 12.9. The lowest BCUT2D eigenvalue weighted by molar-refractivity contribution is -0.870. The number of phosphoric ester groups is 1. The van der Waals surface area contributed by atoms with Crippen LogP contribution < -0.4 is 0 Å². The van der Waals surface area contributed by atoms with E-state index in [1.54, 1.807) is 0 Å². The minimum atomic E-state index is -4.40. The zero-order valence-corrected chi connectivity index (χ0v) is 54.8. The summed E-state index contributed by atoms with van der Waals surface area (Å²) in [5.41, 5.74) is 0. The third kappa shape index (κ3) is 66.1. The van der Waals surface area contributed by atoms with Crippen LogP contribution in [-0.4, -0.2) is 74.9 Å². The summed E-state index contributed by atoms with van der Waals surface area (Å²) < 4.78 is 34.7. The number of phosphoric acid groups is 1. The van der Waals surface area contributed by atoms with Crippen molar-refractivity contribution < 1.29 is 42.1 Å². The fourth-order valence-electron chi connectivity index (χ4n) is 9.45. The lowest BCUT2D eigenvalue weighted by Crippen LogP contribution is -2.37. The Hall–Kier alpha value is -3.07. The number of ether oxygens (including phenoxy) is 2. The van der Waals surface area contributed by atoms with Gasteiger partial charge in [0.1, 0.15) is 19.8 Å². The van der Waals surface area contributed by atoms with Gasteiger partial charge in [-0.05, 0) is 77.0 Å². The standard InChI is InChI=1S/C72H128NO8P/c1-6-8-10-12-14-16-18-20-22-24-26-28-30-31-32-33-34-35-36-37-38-39-40-41-43-45-47-49-51-53-55-57-59-61-63-65-72(75)81-70(69-80-82(76,77)79-67-66-73(3,4)5)68-78-71(74)64-62-60-58-56-54-52-50-48-46-44-42-29-27-25-23-21-19-17-15-13-11-9-7-2/h8,10,14,16,20,22,26,28,31-32,34-35,37-38,40-41,70H,6-7,9,11-13,15,17-19,21,23-25,27,29-30,33,36,39,42-69H2,1-5H3/p+1/b10-8-,16-14-,22-20-,28-26-,32-31-,35-34-,38-37-,41-40-. The molecule has 2 unspecified atom stereocenters. The molecule has 0 aromatic rings. The van der Waals surface area contributed by atoms with Crippen LogP contribution in [0.3, 0.4) is 0 Å². The average Bonchev–Trinajstić information content (AvgIpc) is 3.45. The van der Waals surface area contributed by atoms with Gasteiger partial charge in [0.25, 0.3) is 0 Å². The number of carbonyl (C=O) groups is 2. The highest BCUT2D eigenvalue weighted by molar-refractivity contribution is 7.47. The molecule has 0 heterocycles. The van der Waals surface area contributed by atoms with Crippen molar-refractivity contribution in [3.8, 4) is 0 Å². The molecule has 0 saturated carbocycles. The van der Waals surface area contributed by atoms with Crippen molar-refractivity contribution in [2.75, 3.05) is 47.5 Å². The summed E-state index contributed by atoms with van der Waals surface area (Å²) in [7, 11) is 1.48. The maximum Gasteiger partial charge on any atom is 0.472 e. The fraction of sp³-hybridized carbons (Fsp3) is 0.750. The zero-order valence-electron chi connectivity index (χ0n) is 54.0. The molecule has 0 aromatic carbocycles. The Kier molecular flexibility index (Phi) is 60.1. The largest absolute Gasteiger partial charge is 0.472 e. The Labute approximate surface area is 506 Å². The second kappa shape index (κ2) is 62.5. The lowest BCUT2D eigenvalue weighted by atomic mass is 10.0. The predicted molar refractivity (Wildman–Crippen MR) is 353 cm³/mol. The highest BCUT2D eigenvalue weighted by atomic mass is 31.2. The van der Waals surface area contributed by atoms with Crippen LogP contribution in [0.1, 0.15) is 296 Å². The van der Waals surface area contributed by atoms with E-state index in [-0.39, 0.29) is 32.0 Å². The number of quaternary nitrogens is 1. The first-order valence-corrected chi connectivity index (χ1v) is 35.5. The van der Waals surface area contributed by atoms with Crippen LogP contribution in [0.15, 0.2) is 97.2 Å². The monoisotopic (exact) mass is 1170 g/mol. The van der Waals surface area contributed by atoms with E-state index in [0.29, 0.717) is 17.4 Å². The van der Waals surface area contributed by atoms with Crippen molar-refractivity contribution in [1.82, 2.24) is 0 Å². The van der Waals surface area contributed by atoms with Gasteiger partial charge in [-0.15, -0.1) is 0 Å². The highest BCUT2D eigenvalue weighted by Gasteiger charge is 2.27. The molecule has 0 bridgehead atoms. The van der Waals surface area contributed by atoms with Gasteiger partial charge in [-0.2, -0.15) is 0 Å². The van der Waals surface area contributed by atoms with Crippen molar-refractivity contribution in [2.45, 2.75) is 302 Å². The van der Waals surface area contributed by atoms with Crippen LogP contribution in [0.4, 0.5) is 0 Å². The van der Waals surface area contributed by atoms with Gasteiger partial charge in [0.2, 0.25) is 0 Å². The van der Waals surface area contributed by atoms with Crippen LogP contribution in [-0.2, 0) is 32.7 Å². The normalized spacial score (nSPS) is 13.8. The second-order valence-electron chi connectivity index (χ2n) is 23.8. The molecular formula is C72H129NO8P+. The Morgan fingerprint density at radius 2 is 0.695 bits per heavy atom. The molecule has 0 fully saturated rings. The van der Waals surface area contributed by atoms with Crippen molar-refractivity contribution in [3.63, 3.8) is 0 Å². The third-order valence-electron chi connectivity index (χ3n) is 14.6. The summed E-state index contributed by atoms with van der Waals surface area (Å²) in [5.74, 6) is -0.794. The molecule has 0 aliphatic heterocycles. The van der Waals surface area contributed by atoms with E-state index in [1.807, 2.05) is 21.1 Å². The quantitative estimate of drug-likeness (QED) is 0.0211. The minimum absolute atomic E-state index is 0.0287. The number of likely N-dealkylation sites (N-methyl/N-ethyl adjacent to an activating group) is 1. The van der Waals surface area contributed by atoms with Gasteiger partial charge >= 0.3 is 19.8 Å². The van der Waals surface area contributed by atoms with E-state index >= 15 is 0 Å². The van der Waals surface area contributed by atoms with Crippen LogP contribution in [0.5, 0.6) is 0 Å². The van der Waals surface area contributed by atoms with Gasteiger partial charge in [-0.3, -0.25) is 18.6 Å². The first-order valence-electron chi connectivity index (χ1n) is 34.0. The summed E-state index contributed by atoms with van der Waals surface area (Å²) in [6.07, 6.45) is 86.4. The summed E-state index contributed by atoms with van der Waals surface area (Å²) >= 11 is 0. The molecule has 0 aliphatic rings. The highest BCUT2D eigenvalue weighted by Crippen LogP contribution is 2.43. The number of rotatable bonds is 62. The number of carbonyl (C=O) groups excluding carboxylic acids is 2. The van der Waals surface area contributed by atoms with Gasteiger partial charge in [0, 0.05) is 12.8 Å². The molecule has 9 nitrogen and oxygen atoms in total. The lowest BCUT2D eigenvalue weighted by Gasteiger charge is -2.24. The maximum absolute atomic E-state index is 12.9. The number of hydrogen-bond acceptors (Lipinski definition) is 7. The molecule has 0 radical (unpaired) electrons. The smallest absolute Gasteiger partial charge is 0.462 e. The summed E-state index contributed by atoms with van der Waals surface area (Å²) in [6.45, 7) is 4.35. The van der Waals surface area contributed by atoms with E-state index in [9.17, 15) is 19.0 Å². The molecule has 474 valence electrons. The fourth-order valence-corrected chi connectivity index (χ4v) is 10.2. The van der Waals surface area contributed by atoms with Crippen LogP contribution >= 0.6 is 7.82 Å². The zero-order chi connectivity index (χ0) is 59.8. The Balaban J connectivity index is 4.09. The van der Waals surface area contributed by atoms with Crippen molar-refractivity contribution in [1.29, 1.82) is 0 Å². The topological polar surface area (TPSA) is 108 Å². The molecule has 10 heteroatoms. The molecule has 1 N–H and O–H groups in total. The van der Waals surface area contributed by atoms with Gasteiger partial charge < -0.3 is 18.9 Å². The molecule has 0 saturated heterocycles. The van der Waals surface area contributed by atoms with Crippen LogP contribution in [0, 0.1) is 0 Å². The van der Waals surface area contributed by atoms with E-state index in [2.05, 4.69) is 111 Å². The SMILES string of the molecule is CC/C=C\C/C=C\C/C=C\C/C=C\C/C=C\C/C=C\C/C=C\C/C=C\CCCCCCCCCCCCC(=O)OC(COC(=O)CCCCCCCCCCCCCCCCCCCCCCCCC)COP(=O)(O)OCC[N+](C)(C)C. The summed E-state index contributed by atoms with van der Waals surface area (Å²) in [5, 5.41) is 0. The molecular weight excluding hydrogens is 1040 g/mol. The van der Waals surface area contributed by atoms with Gasteiger partial charge in [-0.25, -0.2) is 4.57 Å².